The highest BCUT2D eigenvalue weighted by Gasteiger charge is 2.35. The monoisotopic (exact) mass is 623 g/mol. The Bertz CT molecular complexity index is 1700. The van der Waals surface area contributed by atoms with E-state index in [1.807, 2.05) is 0 Å². The van der Waals surface area contributed by atoms with Gasteiger partial charge in [-0.15, -0.1) is 0 Å². The van der Waals surface area contributed by atoms with E-state index < -0.39 is 17.4 Å². The van der Waals surface area contributed by atoms with Crippen LogP contribution >= 0.6 is 11.6 Å². The lowest BCUT2D eigenvalue weighted by Crippen LogP contribution is -2.51. The summed E-state index contributed by atoms with van der Waals surface area (Å²) in [4.78, 5) is 13.9. The van der Waals surface area contributed by atoms with E-state index in [0.29, 0.717) is 79.1 Å². The fourth-order valence-electron chi connectivity index (χ4n) is 7.10. The van der Waals surface area contributed by atoms with Crippen molar-refractivity contribution in [3.63, 3.8) is 0 Å². The molecule has 3 aromatic carbocycles. The molecule has 0 saturated carbocycles. The molecule has 44 heavy (non-hydrogen) atoms. The Labute approximate surface area is 259 Å². The van der Waals surface area contributed by atoms with Gasteiger partial charge in [-0.3, -0.25) is 4.90 Å². The highest BCUT2D eigenvalue weighted by Crippen LogP contribution is 2.44. The molecule has 8 nitrogen and oxygen atoms in total. The molecule has 3 aliphatic heterocycles. The zero-order chi connectivity index (χ0) is 30.5. The second-order valence-corrected chi connectivity index (χ2v) is 12.7. The molecule has 0 spiro atoms. The van der Waals surface area contributed by atoms with Crippen molar-refractivity contribution < 1.29 is 23.4 Å². The summed E-state index contributed by atoms with van der Waals surface area (Å²) in [6.45, 7) is 8.30. The third-order valence-electron chi connectivity index (χ3n) is 9.22. The van der Waals surface area contributed by atoms with E-state index in [2.05, 4.69) is 33.9 Å². The summed E-state index contributed by atoms with van der Waals surface area (Å²) in [5.41, 5.74) is -0.269. The standard InChI is InChI=1S/C33H36ClF2N5O3/c1-18-16-43-17-19(2)41(18)10-5-11-44-33-38-31-24(32(39-33)40-14-21-8-9-22(15-40)37-21)13-25(34)28(30(31)36)27-23-7-4-3-6-20(23)12-26(42)29(27)35/h3-4,6-7,12-13,18-19,21-22,37,42H,5,8-11,14-17H2,1-2H3. The Morgan fingerprint density at radius 1 is 1.00 bits per heavy atom. The number of nitrogens with one attached hydrogen (secondary N) is 1. The number of fused-ring (bicyclic) bond motifs is 4. The second kappa shape index (κ2) is 11.9. The van der Waals surface area contributed by atoms with Crippen LogP contribution in [0, 0.1) is 11.6 Å². The van der Waals surface area contributed by atoms with Gasteiger partial charge >= 0.3 is 6.01 Å². The van der Waals surface area contributed by atoms with Gasteiger partial charge in [-0.1, -0.05) is 35.9 Å². The fraction of sp³-hybridized carbons (Fsp3) is 0.455. The minimum Gasteiger partial charge on any atom is -0.505 e. The van der Waals surface area contributed by atoms with Crippen LogP contribution in [0.3, 0.4) is 0 Å². The first kappa shape index (κ1) is 29.4. The van der Waals surface area contributed by atoms with Crippen LogP contribution in [0.5, 0.6) is 11.8 Å². The lowest BCUT2D eigenvalue weighted by molar-refractivity contribution is -0.0380. The molecule has 11 heteroatoms. The predicted molar refractivity (Wildman–Crippen MR) is 168 cm³/mol. The Kier molecular flexibility index (Phi) is 7.95. The van der Waals surface area contributed by atoms with Crippen molar-refractivity contribution in [3.05, 3.63) is 53.1 Å². The predicted octanol–water partition coefficient (Wildman–Crippen LogP) is 5.91. The number of halogens is 3. The average molecular weight is 624 g/mol. The van der Waals surface area contributed by atoms with E-state index in [1.54, 1.807) is 30.3 Å². The van der Waals surface area contributed by atoms with Gasteiger partial charge < -0.3 is 24.8 Å². The molecule has 4 heterocycles. The first-order valence-electron chi connectivity index (χ1n) is 15.4. The lowest BCUT2D eigenvalue weighted by Gasteiger charge is -2.38. The number of rotatable bonds is 7. The Morgan fingerprint density at radius 2 is 1.73 bits per heavy atom. The number of morpholine rings is 1. The Balaban J connectivity index is 1.29. The van der Waals surface area contributed by atoms with E-state index in [4.69, 9.17) is 26.1 Å². The third-order valence-corrected chi connectivity index (χ3v) is 9.52. The van der Waals surface area contributed by atoms with E-state index >= 15 is 8.78 Å². The maximum Gasteiger partial charge on any atom is 0.319 e. The van der Waals surface area contributed by atoms with Gasteiger partial charge in [0.25, 0.3) is 0 Å². The SMILES string of the molecule is CC1COCC(C)N1CCCOc1nc(N2CC3CCC(C2)N3)c2cc(Cl)c(-c3c(F)c(O)cc4ccccc34)c(F)c2n1. The molecule has 4 aromatic rings. The summed E-state index contributed by atoms with van der Waals surface area (Å²) in [7, 11) is 0. The number of nitrogens with zero attached hydrogens (tertiary/aromatic N) is 4. The molecule has 4 unspecified atom stereocenters. The normalized spacial score (nSPS) is 24.0. The van der Waals surface area contributed by atoms with Gasteiger partial charge in [-0.2, -0.15) is 9.97 Å². The molecule has 3 saturated heterocycles. The molecular formula is C33H36ClF2N5O3. The first-order valence-corrected chi connectivity index (χ1v) is 15.7. The molecule has 0 radical (unpaired) electrons. The molecular weight excluding hydrogens is 588 g/mol. The minimum absolute atomic E-state index is 0.00229. The van der Waals surface area contributed by atoms with Crippen LogP contribution < -0.4 is 15.0 Å². The quantitative estimate of drug-likeness (QED) is 0.246. The number of hydrogen-bond acceptors (Lipinski definition) is 8. The van der Waals surface area contributed by atoms with E-state index in [9.17, 15) is 5.11 Å². The summed E-state index contributed by atoms with van der Waals surface area (Å²) < 4.78 is 44.0. The van der Waals surface area contributed by atoms with Crippen molar-refractivity contribution in [1.29, 1.82) is 0 Å². The van der Waals surface area contributed by atoms with Crippen molar-refractivity contribution in [2.24, 2.45) is 0 Å². The van der Waals surface area contributed by atoms with Crippen LogP contribution in [0.1, 0.15) is 33.1 Å². The van der Waals surface area contributed by atoms with Crippen LogP contribution in [-0.2, 0) is 4.74 Å². The molecule has 4 atom stereocenters. The van der Waals surface area contributed by atoms with Gasteiger partial charge in [0.05, 0.1) is 24.8 Å². The van der Waals surface area contributed by atoms with Crippen molar-refractivity contribution in [2.75, 3.05) is 44.4 Å². The van der Waals surface area contributed by atoms with Gasteiger partial charge in [0.2, 0.25) is 0 Å². The number of benzene rings is 3. The van der Waals surface area contributed by atoms with E-state index in [0.717, 1.165) is 25.8 Å². The van der Waals surface area contributed by atoms with Crippen molar-refractivity contribution in [1.82, 2.24) is 20.2 Å². The lowest BCUT2D eigenvalue weighted by atomic mass is 9.95. The first-order chi connectivity index (χ1) is 21.3. The van der Waals surface area contributed by atoms with Crippen LogP contribution in [0.2, 0.25) is 5.02 Å². The van der Waals surface area contributed by atoms with Crippen LogP contribution in [-0.4, -0.2) is 83.6 Å². The highest BCUT2D eigenvalue weighted by atomic mass is 35.5. The Hall–Kier alpha value is -3.31. The van der Waals surface area contributed by atoms with Crippen LogP contribution in [0.25, 0.3) is 32.8 Å². The molecule has 2 bridgehead atoms. The second-order valence-electron chi connectivity index (χ2n) is 12.3. The highest BCUT2D eigenvalue weighted by molar-refractivity contribution is 6.35. The molecule has 1 aromatic heterocycles. The van der Waals surface area contributed by atoms with Crippen LogP contribution in [0.4, 0.5) is 14.6 Å². The molecule has 7 rings (SSSR count). The maximum absolute atomic E-state index is 16.7. The summed E-state index contributed by atoms with van der Waals surface area (Å²) in [5.74, 6) is -1.76. The van der Waals surface area contributed by atoms with E-state index in [-0.39, 0.29) is 27.7 Å². The largest absolute Gasteiger partial charge is 0.505 e. The number of phenols is 1. The van der Waals surface area contributed by atoms with Crippen molar-refractivity contribution >= 4 is 39.1 Å². The third kappa shape index (κ3) is 5.31. The summed E-state index contributed by atoms with van der Waals surface area (Å²) in [5, 5.41) is 15.5. The molecule has 0 aliphatic carbocycles. The molecule has 3 aliphatic rings. The summed E-state index contributed by atoms with van der Waals surface area (Å²) >= 11 is 6.77. The number of piperazine rings is 1. The number of aromatic nitrogens is 2. The molecule has 232 valence electrons. The minimum atomic E-state index is -0.945. The van der Waals surface area contributed by atoms with Gasteiger partial charge in [-0.25, -0.2) is 8.78 Å². The summed E-state index contributed by atoms with van der Waals surface area (Å²) in [6.07, 6.45) is 2.86. The number of hydrogen-bond donors (Lipinski definition) is 2. The van der Waals surface area contributed by atoms with Gasteiger partial charge in [0, 0.05) is 60.3 Å². The van der Waals surface area contributed by atoms with E-state index in [1.165, 1.54) is 6.07 Å². The van der Waals surface area contributed by atoms with Gasteiger partial charge in [-0.05, 0) is 56.0 Å². The molecule has 0 amide bonds. The Morgan fingerprint density at radius 3 is 2.48 bits per heavy atom. The van der Waals surface area contributed by atoms with Crippen molar-refractivity contribution in [2.45, 2.75) is 57.3 Å². The maximum atomic E-state index is 16.7. The number of ether oxygens (including phenoxy) is 2. The smallest absolute Gasteiger partial charge is 0.319 e. The zero-order valence-electron chi connectivity index (χ0n) is 24.8. The number of phenolic OH excluding ortho intramolecular Hbond substituents is 1. The number of anilines is 1. The topological polar surface area (TPSA) is 83.0 Å². The molecule has 2 N–H and O–H groups in total. The van der Waals surface area contributed by atoms with Gasteiger partial charge in [0.15, 0.2) is 17.4 Å². The summed E-state index contributed by atoms with van der Waals surface area (Å²) in [6, 6.07) is 11.2. The molecule has 3 fully saturated rings. The van der Waals surface area contributed by atoms with Gasteiger partial charge in [0.1, 0.15) is 11.3 Å². The van der Waals surface area contributed by atoms with Crippen molar-refractivity contribution in [3.8, 4) is 22.9 Å². The zero-order valence-corrected chi connectivity index (χ0v) is 25.6. The van der Waals surface area contributed by atoms with Crippen LogP contribution in [0.15, 0.2) is 36.4 Å². The number of aromatic hydroxyl groups is 1. The average Bonchev–Trinajstić information content (AvgIpc) is 3.35. The fourth-order valence-corrected chi connectivity index (χ4v) is 7.39.